The summed E-state index contributed by atoms with van der Waals surface area (Å²) in [4.78, 5) is 27.5. The fraction of sp³-hybridized carbons (Fsp3) is 0.200. The van der Waals surface area contributed by atoms with Crippen LogP contribution < -0.4 is 16.5 Å². The first kappa shape index (κ1) is 10.4. The van der Waals surface area contributed by atoms with Gasteiger partial charge in [-0.15, -0.1) is 0 Å². The smallest absolute Gasteiger partial charge is 0.268 e. The summed E-state index contributed by atoms with van der Waals surface area (Å²) >= 11 is 0. The number of nitrogen functional groups attached to an aromatic ring is 1. The molecule has 1 aliphatic heterocycles. The van der Waals surface area contributed by atoms with E-state index in [2.05, 4.69) is 10.8 Å². The third-order valence-electron chi connectivity index (χ3n) is 2.19. The molecule has 2 rings (SSSR count). The molecule has 0 bridgehead atoms. The maximum Gasteiger partial charge on any atom is 0.268 e. The summed E-state index contributed by atoms with van der Waals surface area (Å²) in [7, 11) is 0. The van der Waals surface area contributed by atoms with Crippen molar-refractivity contribution in [1.82, 2.24) is 10.8 Å². The topological polar surface area (TPSA) is 93.5 Å². The minimum atomic E-state index is -0.645. The van der Waals surface area contributed by atoms with Crippen molar-refractivity contribution in [2.45, 2.75) is 6.04 Å². The summed E-state index contributed by atoms with van der Waals surface area (Å²) in [6, 6.07) is 5.88. The lowest BCUT2D eigenvalue weighted by Gasteiger charge is -2.08. The van der Waals surface area contributed by atoms with Crippen LogP contribution >= 0.6 is 0 Å². The first-order valence-electron chi connectivity index (χ1n) is 4.75. The predicted molar refractivity (Wildman–Crippen MR) is 56.2 cm³/mol. The van der Waals surface area contributed by atoms with Gasteiger partial charge in [0.05, 0.1) is 0 Å². The van der Waals surface area contributed by atoms with Gasteiger partial charge in [0.25, 0.3) is 11.8 Å². The zero-order chi connectivity index (χ0) is 11.5. The van der Waals surface area contributed by atoms with E-state index in [9.17, 15) is 9.59 Å². The maximum atomic E-state index is 11.7. The number of hydrogen-bond donors (Lipinski definition) is 3. The number of carbonyl (C=O) groups excluding carboxylic acids is 2. The van der Waals surface area contributed by atoms with Gasteiger partial charge in [-0.2, -0.15) is 0 Å². The molecule has 2 amide bonds. The van der Waals surface area contributed by atoms with Gasteiger partial charge < -0.3 is 11.1 Å². The zero-order valence-corrected chi connectivity index (χ0v) is 8.40. The molecule has 84 valence electrons. The molecule has 0 spiro atoms. The second-order valence-corrected chi connectivity index (χ2v) is 3.43. The molecule has 1 aromatic carbocycles. The molecule has 1 saturated heterocycles. The molecule has 6 heteroatoms. The molecule has 1 fully saturated rings. The molecule has 0 aliphatic carbocycles. The molecule has 0 unspecified atom stereocenters. The Hall–Kier alpha value is -2.08. The van der Waals surface area contributed by atoms with Crippen molar-refractivity contribution in [2.24, 2.45) is 0 Å². The van der Waals surface area contributed by atoms with Gasteiger partial charge in [-0.25, -0.2) is 5.48 Å². The normalized spacial score (nSPS) is 19.2. The van der Waals surface area contributed by atoms with Crippen LogP contribution in [0.15, 0.2) is 24.3 Å². The number of nitrogens with one attached hydrogen (secondary N) is 2. The summed E-state index contributed by atoms with van der Waals surface area (Å²) in [6.45, 7) is 0.132. The van der Waals surface area contributed by atoms with Crippen LogP contribution in [0.4, 0.5) is 5.69 Å². The van der Waals surface area contributed by atoms with Crippen LogP contribution in [-0.2, 0) is 9.63 Å². The first-order chi connectivity index (χ1) is 7.66. The van der Waals surface area contributed by atoms with Gasteiger partial charge >= 0.3 is 0 Å². The van der Waals surface area contributed by atoms with E-state index in [1.807, 2.05) is 0 Å². The quantitative estimate of drug-likeness (QED) is 0.583. The predicted octanol–water partition coefficient (Wildman–Crippen LogP) is -0.571. The summed E-state index contributed by atoms with van der Waals surface area (Å²) in [6.07, 6.45) is 0. The SMILES string of the molecule is Nc1cccc(C(=O)N[C@@H]2CONC2=O)c1. The lowest BCUT2D eigenvalue weighted by Crippen LogP contribution is -2.41. The van der Waals surface area contributed by atoms with Crippen LogP contribution in [-0.4, -0.2) is 24.5 Å². The second-order valence-electron chi connectivity index (χ2n) is 3.43. The molecule has 6 nitrogen and oxygen atoms in total. The minimum Gasteiger partial charge on any atom is -0.399 e. The van der Waals surface area contributed by atoms with Crippen LogP contribution in [0.1, 0.15) is 10.4 Å². The third-order valence-corrected chi connectivity index (χ3v) is 2.19. The van der Waals surface area contributed by atoms with Crippen LogP contribution in [0, 0.1) is 0 Å². The van der Waals surface area contributed by atoms with Crippen LogP contribution in [0.2, 0.25) is 0 Å². The lowest BCUT2D eigenvalue weighted by molar-refractivity contribution is -0.125. The van der Waals surface area contributed by atoms with Gasteiger partial charge in [0, 0.05) is 11.3 Å². The van der Waals surface area contributed by atoms with Crippen LogP contribution in [0.5, 0.6) is 0 Å². The Morgan fingerprint density at radius 1 is 1.56 bits per heavy atom. The van der Waals surface area contributed by atoms with Crippen LogP contribution in [0.3, 0.4) is 0 Å². The Bertz CT molecular complexity index is 433. The van der Waals surface area contributed by atoms with Crippen molar-refractivity contribution in [3.05, 3.63) is 29.8 Å². The molecule has 1 aromatic rings. The molecule has 1 heterocycles. The standard InChI is InChI=1S/C10H11N3O3/c11-7-3-1-2-6(4-7)9(14)12-8-5-16-13-10(8)15/h1-4,8H,5,11H2,(H,12,14)(H,13,15)/t8-/m1/s1. The molecule has 16 heavy (non-hydrogen) atoms. The number of hydroxylamine groups is 1. The molecule has 1 aliphatic rings. The summed E-state index contributed by atoms with van der Waals surface area (Å²) in [5.74, 6) is -0.699. The number of carbonyl (C=O) groups is 2. The highest BCUT2D eigenvalue weighted by Crippen LogP contribution is 2.07. The number of amides is 2. The van der Waals surface area contributed by atoms with E-state index in [4.69, 9.17) is 10.6 Å². The Kier molecular flexibility index (Phi) is 2.74. The molecule has 0 aromatic heterocycles. The summed E-state index contributed by atoms with van der Waals surface area (Å²) in [5, 5.41) is 2.54. The molecule has 4 N–H and O–H groups in total. The number of hydrogen-bond acceptors (Lipinski definition) is 4. The lowest BCUT2D eigenvalue weighted by atomic mass is 10.2. The fourth-order valence-electron chi connectivity index (χ4n) is 1.37. The van der Waals surface area contributed by atoms with Gasteiger partial charge in [-0.3, -0.25) is 14.4 Å². The van der Waals surface area contributed by atoms with Crippen molar-refractivity contribution >= 4 is 17.5 Å². The van der Waals surface area contributed by atoms with E-state index < -0.39 is 6.04 Å². The average molecular weight is 221 g/mol. The monoisotopic (exact) mass is 221 g/mol. The molecular weight excluding hydrogens is 210 g/mol. The number of rotatable bonds is 2. The largest absolute Gasteiger partial charge is 0.399 e. The Balaban J connectivity index is 2.05. The Morgan fingerprint density at radius 3 is 3.00 bits per heavy atom. The third kappa shape index (κ3) is 2.12. The number of anilines is 1. The van der Waals surface area contributed by atoms with E-state index >= 15 is 0 Å². The average Bonchev–Trinajstić information content (AvgIpc) is 2.64. The summed E-state index contributed by atoms with van der Waals surface area (Å²) in [5.41, 5.74) is 8.62. The maximum absolute atomic E-state index is 11.7. The van der Waals surface area contributed by atoms with Crippen molar-refractivity contribution in [3.63, 3.8) is 0 Å². The van der Waals surface area contributed by atoms with Gasteiger partial charge in [0.2, 0.25) is 0 Å². The number of benzene rings is 1. The van der Waals surface area contributed by atoms with E-state index in [0.29, 0.717) is 11.3 Å². The van der Waals surface area contributed by atoms with Crippen molar-refractivity contribution in [1.29, 1.82) is 0 Å². The number of nitrogens with two attached hydrogens (primary N) is 1. The van der Waals surface area contributed by atoms with Crippen molar-refractivity contribution in [3.8, 4) is 0 Å². The second kappa shape index (κ2) is 4.19. The van der Waals surface area contributed by atoms with Gasteiger partial charge in [-0.1, -0.05) is 6.07 Å². The first-order valence-corrected chi connectivity index (χ1v) is 4.75. The zero-order valence-electron chi connectivity index (χ0n) is 8.40. The van der Waals surface area contributed by atoms with Crippen molar-refractivity contribution in [2.75, 3.05) is 12.3 Å². The molecule has 0 saturated carbocycles. The van der Waals surface area contributed by atoms with E-state index in [1.165, 1.54) is 0 Å². The Labute approximate surface area is 91.7 Å². The van der Waals surface area contributed by atoms with E-state index in [0.717, 1.165) is 0 Å². The molecule has 0 radical (unpaired) electrons. The van der Waals surface area contributed by atoms with Gasteiger partial charge in [-0.05, 0) is 18.2 Å². The van der Waals surface area contributed by atoms with Gasteiger partial charge in [0.1, 0.15) is 12.6 Å². The van der Waals surface area contributed by atoms with Crippen molar-refractivity contribution < 1.29 is 14.4 Å². The highest BCUT2D eigenvalue weighted by Gasteiger charge is 2.27. The van der Waals surface area contributed by atoms with Gasteiger partial charge in [0.15, 0.2) is 0 Å². The Morgan fingerprint density at radius 2 is 2.38 bits per heavy atom. The van der Waals surface area contributed by atoms with E-state index in [1.54, 1.807) is 24.3 Å². The van der Waals surface area contributed by atoms with Crippen LogP contribution in [0.25, 0.3) is 0 Å². The highest BCUT2D eigenvalue weighted by molar-refractivity contribution is 5.98. The molecular formula is C10H11N3O3. The van der Waals surface area contributed by atoms with E-state index in [-0.39, 0.29) is 18.4 Å². The minimum absolute atomic E-state index is 0.132. The summed E-state index contributed by atoms with van der Waals surface area (Å²) < 4.78 is 0. The fourth-order valence-corrected chi connectivity index (χ4v) is 1.37. The highest BCUT2D eigenvalue weighted by atomic mass is 16.7. The molecule has 1 atom stereocenters.